The SMILES string of the molecule is Cc1ccnc2c1N=C(N1CCC(N)CC1)c1cc(F)c(-c3ccccc3F)nc1N/C=C\C2C. The second-order valence-electron chi connectivity index (χ2n) is 9.11. The fourth-order valence-electron chi connectivity index (χ4n) is 4.54. The number of nitrogens with one attached hydrogen (secondary N) is 1. The molecule has 8 heteroatoms. The topological polar surface area (TPSA) is 79.4 Å². The van der Waals surface area contributed by atoms with Crippen LogP contribution in [0.1, 0.15) is 42.5 Å². The highest BCUT2D eigenvalue weighted by Gasteiger charge is 2.27. The molecule has 5 rings (SSSR count). The number of aryl methyl sites for hydroxylation is 1. The number of aliphatic imine (C=N–C) groups is 1. The lowest BCUT2D eigenvalue weighted by Crippen LogP contribution is -2.43. The molecule has 0 radical (unpaired) electrons. The highest BCUT2D eigenvalue weighted by molar-refractivity contribution is 6.05. The third-order valence-corrected chi connectivity index (χ3v) is 6.59. The van der Waals surface area contributed by atoms with Gasteiger partial charge in [0.1, 0.15) is 29.0 Å². The molecule has 1 saturated heterocycles. The Labute approximate surface area is 203 Å². The van der Waals surface area contributed by atoms with E-state index in [9.17, 15) is 4.39 Å². The number of halogens is 2. The number of rotatable bonds is 1. The molecule has 180 valence electrons. The van der Waals surface area contributed by atoms with Crippen LogP contribution in [0.15, 0.2) is 59.9 Å². The Morgan fingerprint density at radius 3 is 2.60 bits per heavy atom. The van der Waals surface area contributed by atoms with Crippen molar-refractivity contribution in [1.29, 1.82) is 0 Å². The van der Waals surface area contributed by atoms with E-state index in [4.69, 9.17) is 10.7 Å². The lowest BCUT2D eigenvalue weighted by molar-refractivity contribution is 0.314. The Morgan fingerprint density at radius 1 is 1.06 bits per heavy atom. The van der Waals surface area contributed by atoms with Crippen LogP contribution in [0, 0.1) is 18.6 Å². The van der Waals surface area contributed by atoms with Gasteiger partial charge in [-0.25, -0.2) is 18.8 Å². The summed E-state index contributed by atoms with van der Waals surface area (Å²) in [5, 5.41) is 3.20. The van der Waals surface area contributed by atoms with Crippen molar-refractivity contribution in [3.63, 3.8) is 0 Å². The van der Waals surface area contributed by atoms with Crippen molar-refractivity contribution in [2.45, 2.75) is 38.6 Å². The molecule has 2 aromatic heterocycles. The number of fused-ring (bicyclic) bond motifs is 2. The monoisotopic (exact) mass is 474 g/mol. The Balaban J connectivity index is 1.74. The predicted molar refractivity (Wildman–Crippen MR) is 135 cm³/mol. The molecular formula is C27H28F2N6. The van der Waals surface area contributed by atoms with Gasteiger partial charge in [-0.15, -0.1) is 0 Å². The molecule has 35 heavy (non-hydrogen) atoms. The Bertz CT molecular complexity index is 1310. The van der Waals surface area contributed by atoms with Crippen LogP contribution >= 0.6 is 0 Å². The van der Waals surface area contributed by atoms with Crippen molar-refractivity contribution < 1.29 is 8.78 Å². The van der Waals surface area contributed by atoms with E-state index in [0.29, 0.717) is 30.3 Å². The second kappa shape index (κ2) is 9.54. The van der Waals surface area contributed by atoms with Gasteiger partial charge in [-0.2, -0.15) is 0 Å². The van der Waals surface area contributed by atoms with E-state index in [1.165, 1.54) is 18.2 Å². The molecule has 6 nitrogen and oxygen atoms in total. The van der Waals surface area contributed by atoms with Gasteiger partial charge in [-0.05, 0) is 55.8 Å². The zero-order chi connectivity index (χ0) is 24.5. The zero-order valence-corrected chi connectivity index (χ0v) is 19.8. The summed E-state index contributed by atoms with van der Waals surface area (Å²) in [6, 6.07) is 9.51. The van der Waals surface area contributed by atoms with Gasteiger partial charge in [0.15, 0.2) is 0 Å². The van der Waals surface area contributed by atoms with Gasteiger partial charge in [0, 0.05) is 36.8 Å². The fourth-order valence-corrected chi connectivity index (χ4v) is 4.54. The zero-order valence-electron chi connectivity index (χ0n) is 19.8. The number of hydrogen-bond donors (Lipinski definition) is 2. The average molecular weight is 475 g/mol. The number of pyridine rings is 2. The standard InChI is InChI=1S/C27H28F2N6/c1-16-8-12-32-26-20(15-22(29)25(33-26)19-5-3-4-6-21(19)28)27(35-13-9-18(30)10-14-35)34-24-17(2)7-11-31-23(16)24/h3-8,11-12,15-16,18H,9-10,13-14,30H2,1-2H3,(H,32,33)/b12-8-,34-27?. The molecule has 0 amide bonds. The van der Waals surface area contributed by atoms with Crippen LogP contribution in [-0.4, -0.2) is 39.8 Å². The van der Waals surface area contributed by atoms with E-state index >= 15 is 4.39 Å². The van der Waals surface area contributed by atoms with E-state index in [0.717, 1.165) is 29.8 Å². The summed E-state index contributed by atoms with van der Waals surface area (Å²) in [4.78, 5) is 16.4. The molecule has 2 aliphatic heterocycles. The number of allylic oxidation sites excluding steroid dienone is 1. The van der Waals surface area contributed by atoms with Crippen molar-refractivity contribution in [2.24, 2.45) is 10.7 Å². The number of benzene rings is 1. The van der Waals surface area contributed by atoms with Gasteiger partial charge < -0.3 is 16.0 Å². The predicted octanol–water partition coefficient (Wildman–Crippen LogP) is 5.27. The van der Waals surface area contributed by atoms with Gasteiger partial charge in [-0.1, -0.05) is 25.1 Å². The molecule has 0 spiro atoms. The van der Waals surface area contributed by atoms with Crippen molar-refractivity contribution in [3.05, 3.63) is 83.3 Å². The van der Waals surface area contributed by atoms with Crippen LogP contribution < -0.4 is 11.1 Å². The number of hydrogen-bond acceptors (Lipinski definition) is 6. The van der Waals surface area contributed by atoms with Crippen molar-refractivity contribution in [3.8, 4) is 11.3 Å². The lowest BCUT2D eigenvalue weighted by Gasteiger charge is -2.33. The molecule has 0 saturated carbocycles. The minimum Gasteiger partial charge on any atom is -0.356 e. The van der Waals surface area contributed by atoms with E-state index in [1.54, 1.807) is 24.5 Å². The number of anilines is 1. The fraction of sp³-hybridized carbons (Fsp3) is 0.296. The number of likely N-dealkylation sites (tertiary alicyclic amines) is 1. The van der Waals surface area contributed by atoms with E-state index in [-0.39, 0.29) is 23.2 Å². The smallest absolute Gasteiger partial charge is 0.150 e. The Morgan fingerprint density at radius 2 is 1.83 bits per heavy atom. The number of nitrogens with two attached hydrogens (primary N) is 1. The molecule has 1 unspecified atom stereocenters. The summed E-state index contributed by atoms with van der Waals surface area (Å²) >= 11 is 0. The first kappa shape index (κ1) is 23.1. The first-order valence-corrected chi connectivity index (χ1v) is 11.9. The first-order chi connectivity index (χ1) is 16.9. The number of nitrogens with zero attached hydrogens (tertiary/aromatic N) is 4. The first-order valence-electron chi connectivity index (χ1n) is 11.9. The number of amidine groups is 1. The molecule has 3 N–H and O–H groups in total. The van der Waals surface area contributed by atoms with Crippen molar-refractivity contribution >= 4 is 17.3 Å². The highest BCUT2D eigenvalue weighted by atomic mass is 19.1. The molecule has 1 atom stereocenters. The van der Waals surface area contributed by atoms with Crippen LogP contribution in [0.5, 0.6) is 0 Å². The average Bonchev–Trinajstić information content (AvgIpc) is 2.85. The van der Waals surface area contributed by atoms with Crippen LogP contribution in [0.4, 0.5) is 20.3 Å². The maximum Gasteiger partial charge on any atom is 0.150 e. The third-order valence-electron chi connectivity index (χ3n) is 6.59. The lowest BCUT2D eigenvalue weighted by atomic mass is 10.0. The third kappa shape index (κ3) is 4.53. The molecule has 1 fully saturated rings. The quantitative estimate of drug-likeness (QED) is 0.502. The summed E-state index contributed by atoms with van der Waals surface area (Å²) in [6.07, 6.45) is 7.13. The van der Waals surface area contributed by atoms with Crippen molar-refractivity contribution in [1.82, 2.24) is 14.9 Å². The van der Waals surface area contributed by atoms with E-state index in [1.807, 2.05) is 26.0 Å². The van der Waals surface area contributed by atoms with Crippen molar-refractivity contribution in [2.75, 3.05) is 18.4 Å². The summed E-state index contributed by atoms with van der Waals surface area (Å²) in [6.45, 7) is 5.42. The molecule has 1 aromatic carbocycles. The van der Waals surface area contributed by atoms with Gasteiger partial charge in [0.25, 0.3) is 0 Å². The van der Waals surface area contributed by atoms with E-state index < -0.39 is 11.6 Å². The molecule has 3 aromatic rings. The van der Waals surface area contributed by atoms with Gasteiger partial charge in [-0.3, -0.25) is 4.98 Å². The van der Waals surface area contributed by atoms with E-state index in [2.05, 4.69) is 20.2 Å². The Hall–Kier alpha value is -3.65. The summed E-state index contributed by atoms with van der Waals surface area (Å²) in [5.41, 5.74) is 9.31. The van der Waals surface area contributed by atoms with Crippen LogP contribution in [0.2, 0.25) is 0 Å². The maximum atomic E-state index is 15.5. The van der Waals surface area contributed by atoms with Crippen LogP contribution in [-0.2, 0) is 0 Å². The molecular weight excluding hydrogens is 446 g/mol. The molecule has 0 bridgehead atoms. The van der Waals surface area contributed by atoms with Gasteiger partial charge in [0.2, 0.25) is 0 Å². The largest absolute Gasteiger partial charge is 0.356 e. The maximum absolute atomic E-state index is 15.5. The number of aromatic nitrogens is 2. The minimum absolute atomic E-state index is 0.0229. The summed E-state index contributed by atoms with van der Waals surface area (Å²) in [7, 11) is 0. The summed E-state index contributed by atoms with van der Waals surface area (Å²) in [5.74, 6) is -0.158. The summed E-state index contributed by atoms with van der Waals surface area (Å²) < 4.78 is 30.0. The molecule has 2 aliphatic rings. The minimum atomic E-state index is -0.616. The van der Waals surface area contributed by atoms with Gasteiger partial charge in [0.05, 0.1) is 16.9 Å². The molecule has 4 heterocycles. The highest BCUT2D eigenvalue weighted by Crippen LogP contribution is 2.34. The van der Waals surface area contributed by atoms with Crippen LogP contribution in [0.3, 0.4) is 0 Å². The normalized spacial score (nSPS) is 19.3. The molecule has 0 aliphatic carbocycles. The van der Waals surface area contributed by atoms with Gasteiger partial charge >= 0.3 is 0 Å². The number of piperidine rings is 1. The Kier molecular flexibility index (Phi) is 6.30. The van der Waals surface area contributed by atoms with Crippen LogP contribution in [0.25, 0.3) is 11.3 Å². The second-order valence-corrected chi connectivity index (χ2v) is 9.11.